The van der Waals surface area contributed by atoms with Crippen LogP contribution in [0.1, 0.15) is 30.5 Å². The third-order valence-electron chi connectivity index (χ3n) is 3.66. The molecule has 114 valence electrons. The topological polar surface area (TPSA) is 46.2 Å². The Morgan fingerprint density at radius 1 is 1.10 bits per heavy atom. The fourth-order valence-electron chi connectivity index (χ4n) is 2.66. The van der Waals surface area contributed by atoms with E-state index in [9.17, 15) is 8.42 Å². The van der Waals surface area contributed by atoms with Gasteiger partial charge in [-0.25, -0.2) is 8.42 Å². The Kier molecular flexibility index (Phi) is 5.01. The summed E-state index contributed by atoms with van der Waals surface area (Å²) in [5, 5.41) is 5.70. The molecule has 4 heteroatoms. The minimum atomic E-state index is -3.04. The van der Waals surface area contributed by atoms with Crippen LogP contribution < -0.4 is 5.32 Å². The lowest BCUT2D eigenvalue weighted by Crippen LogP contribution is -2.28. The second-order valence-electron chi connectivity index (χ2n) is 5.62. The number of hydrogen-bond acceptors (Lipinski definition) is 3. The molecule has 0 bridgehead atoms. The average Bonchev–Trinajstić information content (AvgIpc) is 2.43. The maximum Gasteiger partial charge on any atom is 0.149 e. The van der Waals surface area contributed by atoms with Crippen molar-refractivity contribution in [2.45, 2.75) is 26.3 Å². The Morgan fingerprint density at radius 3 is 2.38 bits per heavy atom. The molecule has 0 aliphatic heterocycles. The standard InChI is InChI=1S/C17H23NO2S/c1-4-11-18-17(12-21(3,19)20)16-10-9-13(2)14-7-5-6-8-15(14)16/h5-10,17-18H,4,11-12H2,1-3H3. The first-order chi connectivity index (χ1) is 9.92. The fraction of sp³-hybridized carbons (Fsp3) is 0.412. The van der Waals surface area contributed by atoms with Crippen molar-refractivity contribution in [1.82, 2.24) is 5.32 Å². The van der Waals surface area contributed by atoms with Crippen molar-refractivity contribution in [2.24, 2.45) is 0 Å². The van der Waals surface area contributed by atoms with Crippen molar-refractivity contribution in [3.8, 4) is 0 Å². The lowest BCUT2D eigenvalue weighted by molar-refractivity contribution is 0.551. The third kappa shape index (κ3) is 4.05. The van der Waals surface area contributed by atoms with Crippen LogP contribution in [0.5, 0.6) is 0 Å². The van der Waals surface area contributed by atoms with Gasteiger partial charge in [0, 0.05) is 12.3 Å². The van der Waals surface area contributed by atoms with Crippen LogP contribution in [0.2, 0.25) is 0 Å². The van der Waals surface area contributed by atoms with E-state index >= 15 is 0 Å². The second kappa shape index (κ2) is 6.58. The van der Waals surface area contributed by atoms with Gasteiger partial charge in [-0.1, -0.05) is 43.3 Å². The average molecular weight is 305 g/mol. The number of rotatable bonds is 6. The van der Waals surface area contributed by atoms with Gasteiger partial charge in [0.2, 0.25) is 0 Å². The van der Waals surface area contributed by atoms with Crippen molar-refractivity contribution in [2.75, 3.05) is 18.6 Å². The monoisotopic (exact) mass is 305 g/mol. The van der Waals surface area contributed by atoms with Crippen molar-refractivity contribution in [3.05, 3.63) is 47.5 Å². The van der Waals surface area contributed by atoms with Crippen molar-refractivity contribution in [1.29, 1.82) is 0 Å². The molecule has 21 heavy (non-hydrogen) atoms. The number of benzene rings is 2. The molecule has 0 aliphatic rings. The number of sulfone groups is 1. The zero-order chi connectivity index (χ0) is 15.5. The van der Waals surface area contributed by atoms with Gasteiger partial charge in [-0.3, -0.25) is 0 Å². The quantitative estimate of drug-likeness (QED) is 0.891. The number of hydrogen-bond donors (Lipinski definition) is 1. The minimum Gasteiger partial charge on any atom is -0.309 e. The Bertz CT molecular complexity index is 723. The van der Waals surface area contributed by atoms with Gasteiger partial charge in [-0.15, -0.1) is 0 Å². The zero-order valence-electron chi connectivity index (χ0n) is 12.9. The normalized spacial score (nSPS) is 13.5. The summed E-state index contributed by atoms with van der Waals surface area (Å²) >= 11 is 0. The highest BCUT2D eigenvalue weighted by molar-refractivity contribution is 7.90. The van der Waals surface area contributed by atoms with E-state index in [-0.39, 0.29) is 11.8 Å². The highest BCUT2D eigenvalue weighted by Crippen LogP contribution is 2.27. The van der Waals surface area contributed by atoms with Crippen LogP contribution in [-0.4, -0.2) is 27.0 Å². The van der Waals surface area contributed by atoms with E-state index in [1.807, 2.05) is 12.1 Å². The molecule has 3 nitrogen and oxygen atoms in total. The van der Waals surface area contributed by atoms with Crippen LogP contribution in [0.3, 0.4) is 0 Å². The molecule has 0 heterocycles. The SMILES string of the molecule is CCCNC(CS(C)(=O)=O)c1ccc(C)c2ccccc12. The van der Waals surface area contributed by atoms with E-state index in [2.05, 4.69) is 43.4 Å². The summed E-state index contributed by atoms with van der Waals surface area (Å²) in [6.07, 6.45) is 2.27. The highest BCUT2D eigenvalue weighted by Gasteiger charge is 2.19. The largest absolute Gasteiger partial charge is 0.309 e. The molecule has 2 aromatic rings. The lowest BCUT2D eigenvalue weighted by Gasteiger charge is -2.20. The molecule has 1 atom stereocenters. The summed E-state index contributed by atoms with van der Waals surface area (Å²) in [5.41, 5.74) is 2.28. The Morgan fingerprint density at radius 2 is 1.76 bits per heavy atom. The zero-order valence-corrected chi connectivity index (χ0v) is 13.7. The first-order valence-electron chi connectivity index (χ1n) is 7.31. The summed E-state index contributed by atoms with van der Waals surface area (Å²) < 4.78 is 23.5. The molecule has 0 amide bonds. The molecule has 2 rings (SSSR count). The minimum absolute atomic E-state index is 0.125. The van der Waals surface area contributed by atoms with Crippen molar-refractivity contribution < 1.29 is 8.42 Å². The van der Waals surface area contributed by atoms with Crippen LogP contribution in [0.4, 0.5) is 0 Å². The molecule has 1 N–H and O–H groups in total. The Balaban J connectivity index is 2.51. The summed E-state index contributed by atoms with van der Waals surface area (Å²) in [6.45, 7) is 4.97. The van der Waals surface area contributed by atoms with Crippen LogP contribution in [-0.2, 0) is 9.84 Å². The first-order valence-corrected chi connectivity index (χ1v) is 9.38. The predicted octanol–water partition coefficient (Wildman–Crippen LogP) is 3.23. The van der Waals surface area contributed by atoms with Gasteiger partial charge in [0.25, 0.3) is 0 Å². The molecule has 0 aromatic heterocycles. The summed E-state index contributed by atoms with van der Waals surface area (Å²) in [4.78, 5) is 0. The third-order valence-corrected chi connectivity index (χ3v) is 4.60. The summed E-state index contributed by atoms with van der Waals surface area (Å²) in [7, 11) is -3.04. The van der Waals surface area contributed by atoms with E-state index < -0.39 is 9.84 Å². The molecule has 0 aliphatic carbocycles. The van der Waals surface area contributed by atoms with Crippen LogP contribution in [0, 0.1) is 6.92 Å². The first kappa shape index (κ1) is 16.0. The number of aryl methyl sites for hydroxylation is 1. The van der Waals surface area contributed by atoms with E-state index in [1.165, 1.54) is 17.2 Å². The lowest BCUT2D eigenvalue weighted by atomic mass is 9.96. The molecule has 0 spiro atoms. The molecule has 0 saturated carbocycles. The molecule has 0 fully saturated rings. The van der Waals surface area contributed by atoms with Crippen molar-refractivity contribution in [3.63, 3.8) is 0 Å². The highest BCUT2D eigenvalue weighted by atomic mass is 32.2. The van der Waals surface area contributed by atoms with E-state index in [0.717, 1.165) is 23.9 Å². The van der Waals surface area contributed by atoms with Gasteiger partial charge in [-0.05, 0) is 41.8 Å². The fourth-order valence-corrected chi connectivity index (χ4v) is 3.56. The summed E-state index contributed by atoms with van der Waals surface area (Å²) in [6, 6.07) is 12.1. The van der Waals surface area contributed by atoms with Gasteiger partial charge >= 0.3 is 0 Å². The summed E-state index contributed by atoms with van der Waals surface area (Å²) in [5.74, 6) is 0.125. The molecule has 0 saturated heterocycles. The van der Waals surface area contributed by atoms with E-state index in [4.69, 9.17) is 0 Å². The maximum atomic E-state index is 11.7. The van der Waals surface area contributed by atoms with Crippen LogP contribution in [0.15, 0.2) is 36.4 Å². The Labute approximate surface area is 127 Å². The van der Waals surface area contributed by atoms with Gasteiger partial charge in [0.1, 0.15) is 9.84 Å². The van der Waals surface area contributed by atoms with Gasteiger partial charge in [0.15, 0.2) is 0 Å². The van der Waals surface area contributed by atoms with Crippen molar-refractivity contribution >= 4 is 20.6 Å². The number of fused-ring (bicyclic) bond motifs is 1. The van der Waals surface area contributed by atoms with Crippen LogP contribution in [0.25, 0.3) is 10.8 Å². The van der Waals surface area contributed by atoms with Gasteiger partial charge < -0.3 is 5.32 Å². The van der Waals surface area contributed by atoms with Crippen LogP contribution >= 0.6 is 0 Å². The maximum absolute atomic E-state index is 11.7. The second-order valence-corrected chi connectivity index (χ2v) is 7.80. The van der Waals surface area contributed by atoms with Gasteiger partial charge in [-0.2, -0.15) is 0 Å². The number of nitrogens with one attached hydrogen (secondary N) is 1. The molecular formula is C17H23NO2S. The van der Waals surface area contributed by atoms with Gasteiger partial charge in [0.05, 0.1) is 5.75 Å². The molecular weight excluding hydrogens is 282 g/mol. The Hall–Kier alpha value is -1.39. The van der Waals surface area contributed by atoms with E-state index in [1.54, 1.807) is 0 Å². The van der Waals surface area contributed by atoms with E-state index in [0.29, 0.717) is 0 Å². The molecule has 1 unspecified atom stereocenters. The smallest absolute Gasteiger partial charge is 0.149 e. The molecule has 0 radical (unpaired) electrons. The molecule has 2 aromatic carbocycles. The predicted molar refractivity (Wildman–Crippen MR) is 89.4 cm³/mol.